The van der Waals surface area contributed by atoms with Gasteiger partial charge < -0.3 is 19.5 Å². The van der Waals surface area contributed by atoms with Gasteiger partial charge in [-0.1, -0.05) is 86.0 Å². The van der Waals surface area contributed by atoms with Crippen molar-refractivity contribution in [3.8, 4) is 5.75 Å². The third kappa shape index (κ3) is 4.05. The van der Waals surface area contributed by atoms with Crippen molar-refractivity contribution < 1.29 is 14.3 Å². The van der Waals surface area contributed by atoms with E-state index < -0.39 is 5.54 Å². The molecule has 194 valence electrons. The second kappa shape index (κ2) is 10.0. The fourth-order valence-corrected chi connectivity index (χ4v) is 6.23. The van der Waals surface area contributed by atoms with Crippen molar-refractivity contribution in [1.29, 1.82) is 0 Å². The van der Waals surface area contributed by atoms with E-state index in [-0.39, 0.29) is 24.4 Å². The van der Waals surface area contributed by atoms with Crippen LogP contribution < -0.4 is 10.1 Å². The number of hydrogen-bond acceptors (Lipinski definition) is 3. The molecule has 38 heavy (non-hydrogen) atoms. The van der Waals surface area contributed by atoms with Crippen molar-refractivity contribution in [3.63, 3.8) is 0 Å². The van der Waals surface area contributed by atoms with Gasteiger partial charge in [0.2, 0.25) is 0 Å². The van der Waals surface area contributed by atoms with Crippen LogP contribution in [0.4, 0.5) is 0 Å². The first kappa shape index (κ1) is 24.3. The lowest BCUT2D eigenvalue weighted by Crippen LogP contribution is -2.64. The first-order chi connectivity index (χ1) is 18.6. The molecule has 1 aromatic heterocycles. The SMILES string of the molecule is COc1ccccc1CN1C(=O)c2cc3ccccc3n2C[C@]1(C(=O)NC1CCCCC1)c1ccccc1. The van der Waals surface area contributed by atoms with E-state index in [0.717, 1.165) is 47.7 Å². The van der Waals surface area contributed by atoms with Crippen molar-refractivity contribution in [2.45, 2.75) is 56.8 Å². The van der Waals surface area contributed by atoms with E-state index >= 15 is 0 Å². The molecule has 0 saturated heterocycles. The van der Waals surface area contributed by atoms with Gasteiger partial charge in [-0.3, -0.25) is 9.59 Å². The molecule has 6 nitrogen and oxygen atoms in total. The van der Waals surface area contributed by atoms with Crippen LogP contribution in [0.15, 0.2) is 84.9 Å². The number of benzene rings is 3. The minimum absolute atomic E-state index is 0.114. The summed E-state index contributed by atoms with van der Waals surface area (Å²) in [7, 11) is 1.63. The van der Waals surface area contributed by atoms with Gasteiger partial charge in [0, 0.05) is 22.5 Å². The van der Waals surface area contributed by atoms with Crippen LogP contribution in [0, 0.1) is 0 Å². The van der Waals surface area contributed by atoms with Crippen molar-refractivity contribution in [3.05, 3.63) is 102 Å². The number of nitrogens with one attached hydrogen (secondary N) is 1. The highest BCUT2D eigenvalue weighted by Gasteiger charge is 2.53. The molecule has 1 fully saturated rings. The third-order valence-electron chi connectivity index (χ3n) is 8.21. The summed E-state index contributed by atoms with van der Waals surface area (Å²) >= 11 is 0. The number of amides is 2. The molecule has 0 bridgehead atoms. The van der Waals surface area contributed by atoms with Crippen molar-refractivity contribution in [1.82, 2.24) is 14.8 Å². The van der Waals surface area contributed by atoms with E-state index in [1.165, 1.54) is 6.42 Å². The molecule has 0 unspecified atom stereocenters. The summed E-state index contributed by atoms with van der Waals surface area (Å²) in [6.45, 7) is 0.580. The molecule has 1 aliphatic carbocycles. The standard InChI is InChI=1S/C32H33N3O3/c1-38-29-19-11-9-13-24(29)21-35-30(36)28-20-23-12-8-10-18-27(23)34(28)22-32(35,25-14-4-2-5-15-25)31(37)33-26-16-6-3-7-17-26/h2,4-5,8-15,18-20,26H,3,6-7,16-17,21-22H2,1H3,(H,33,37)/t32-/m1/s1. The Morgan fingerprint density at radius 3 is 2.45 bits per heavy atom. The highest BCUT2D eigenvalue weighted by molar-refractivity contribution is 6.04. The number of rotatable bonds is 6. The summed E-state index contributed by atoms with van der Waals surface area (Å²) in [5.74, 6) is 0.407. The Morgan fingerprint density at radius 2 is 1.66 bits per heavy atom. The highest BCUT2D eigenvalue weighted by Crippen LogP contribution is 2.41. The van der Waals surface area contributed by atoms with Crippen LogP contribution in [0.3, 0.4) is 0 Å². The van der Waals surface area contributed by atoms with Gasteiger partial charge in [0.05, 0.1) is 20.2 Å². The molecule has 2 aliphatic rings. The van der Waals surface area contributed by atoms with Gasteiger partial charge in [-0.05, 0) is 36.6 Å². The van der Waals surface area contributed by atoms with Crippen molar-refractivity contribution in [2.24, 2.45) is 0 Å². The Labute approximate surface area is 223 Å². The zero-order valence-electron chi connectivity index (χ0n) is 21.7. The zero-order chi connectivity index (χ0) is 26.1. The molecule has 1 N–H and O–H groups in total. The van der Waals surface area contributed by atoms with Crippen LogP contribution >= 0.6 is 0 Å². The Morgan fingerprint density at radius 1 is 0.947 bits per heavy atom. The molecule has 1 saturated carbocycles. The lowest BCUT2D eigenvalue weighted by molar-refractivity contribution is -0.136. The Hall–Kier alpha value is -4.06. The van der Waals surface area contributed by atoms with E-state index in [1.807, 2.05) is 89.5 Å². The van der Waals surface area contributed by atoms with Gasteiger partial charge >= 0.3 is 0 Å². The monoisotopic (exact) mass is 507 g/mol. The number of nitrogens with zero attached hydrogens (tertiary/aromatic N) is 2. The molecule has 2 heterocycles. The maximum atomic E-state index is 14.6. The second-order valence-electron chi connectivity index (χ2n) is 10.4. The number of hydrogen-bond donors (Lipinski definition) is 1. The van der Waals surface area contributed by atoms with E-state index in [9.17, 15) is 9.59 Å². The summed E-state index contributed by atoms with van der Waals surface area (Å²) in [5.41, 5.74) is 1.99. The van der Waals surface area contributed by atoms with Crippen molar-refractivity contribution in [2.75, 3.05) is 7.11 Å². The molecule has 2 amide bonds. The average Bonchev–Trinajstić information content (AvgIpc) is 3.34. The van der Waals surface area contributed by atoms with Crippen LogP contribution in [-0.4, -0.2) is 34.4 Å². The maximum absolute atomic E-state index is 14.6. The molecule has 0 spiro atoms. The minimum atomic E-state index is -1.23. The van der Waals surface area contributed by atoms with Gasteiger partial charge in [-0.25, -0.2) is 0 Å². The van der Waals surface area contributed by atoms with Crippen LogP contribution in [-0.2, 0) is 23.4 Å². The topological polar surface area (TPSA) is 63.6 Å². The molecule has 4 aromatic rings. The van der Waals surface area contributed by atoms with Crippen LogP contribution in [0.1, 0.15) is 53.7 Å². The molecular weight excluding hydrogens is 474 g/mol. The number of aromatic nitrogens is 1. The lowest BCUT2D eigenvalue weighted by Gasteiger charge is -2.47. The third-order valence-corrected chi connectivity index (χ3v) is 8.21. The summed E-state index contributed by atoms with van der Waals surface area (Å²) < 4.78 is 7.68. The summed E-state index contributed by atoms with van der Waals surface area (Å²) in [5, 5.41) is 4.38. The van der Waals surface area contributed by atoms with E-state index in [4.69, 9.17) is 4.74 Å². The van der Waals surface area contributed by atoms with Crippen molar-refractivity contribution >= 4 is 22.7 Å². The molecule has 6 heteroatoms. The molecule has 1 aliphatic heterocycles. The van der Waals surface area contributed by atoms with E-state index in [1.54, 1.807) is 12.0 Å². The lowest BCUT2D eigenvalue weighted by atomic mass is 9.83. The zero-order valence-corrected chi connectivity index (χ0v) is 21.7. The minimum Gasteiger partial charge on any atom is -0.496 e. The maximum Gasteiger partial charge on any atom is 0.272 e. The predicted molar refractivity (Wildman–Crippen MR) is 148 cm³/mol. The van der Waals surface area contributed by atoms with Gasteiger partial charge in [0.25, 0.3) is 11.8 Å². The summed E-state index contributed by atoms with van der Waals surface area (Å²) in [6, 6.07) is 27.6. The van der Waals surface area contributed by atoms with Crippen LogP contribution in [0.2, 0.25) is 0 Å². The van der Waals surface area contributed by atoms with Crippen LogP contribution in [0.25, 0.3) is 10.9 Å². The van der Waals surface area contributed by atoms with E-state index in [2.05, 4.69) is 5.32 Å². The number of carbonyl (C=O) groups excluding carboxylic acids is 2. The normalized spacial score (nSPS) is 19.8. The molecular formula is C32H33N3O3. The fraction of sp³-hybridized carbons (Fsp3) is 0.312. The quantitative estimate of drug-likeness (QED) is 0.367. The first-order valence-corrected chi connectivity index (χ1v) is 13.5. The largest absolute Gasteiger partial charge is 0.496 e. The molecule has 0 radical (unpaired) electrons. The second-order valence-corrected chi connectivity index (χ2v) is 10.4. The van der Waals surface area contributed by atoms with Gasteiger partial charge in [-0.15, -0.1) is 0 Å². The Balaban J connectivity index is 1.55. The van der Waals surface area contributed by atoms with Gasteiger partial charge in [0.15, 0.2) is 5.54 Å². The molecule has 6 rings (SSSR count). The average molecular weight is 508 g/mol. The summed E-state index contributed by atoms with van der Waals surface area (Å²) in [6.07, 6.45) is 5.36. The number of methoxy groups -OCH3 is 1. The summed E-state index contributed by atoms with van der Waals surface area (Å²) in [4.78, 5) is 30.8. The van der Waals surface area contributed by atoms with Crippen LogP contribution in [0.5, 0.6) is 5.75 Å². The number of fused-ring (bicyclic) bond motifs is 3. The van der Waals surface area contributed by atoms with E-state index in [0.29, 0.717) is 18.0 Å². The Bertz CT molecular complexity index is 1470. The first-order valence-electron chi connectivity index (χ1n) is 13.5. The number of ether oxygens (including phenoxy) is 1. The van der Waals surface area contributed by atoms with Gasteiger partial charge in [0.1, 0.15) is 11.4 Å². The fourth-order valence-electron chi connectivity index (χ4n) is 6.23. The highest BCUT2D eigenvalue weighted by atomic mass is 16.5. The smallest absolute Gasteiger partial charge is 0.272 e. The van der Waals surface area contributed by atoms with Gasteiger partial charge in [-0.2, -0.15) is 0 Å². The Kier molecular flexibility index (Phi) is 6.40. The number of para-hydroxylation sites is 2. The molecule has 1 atom stereocenters. The molecule has 3 aromatic carbocycles. The predicted octanol–water partition coefficient (Wildman–Crippen LogP) is 5.65. The number of carbonyl (C=O) groups is 2.